The van der Waals surface area contributed by atoms with E-state index in [2.05, 4.69) is 57.2 Å². The van der Waals surface area contributed by atoms with Crippen molar-refractivity contribution in [1.82, 2.24) is 10.2 Å². The molecule has 0 bridgehead atoms. The Morgan fingerprint density at radius 2 is 1.94 bits per heavy atom. The van der Waals surface area contributed by atoms with E-state index in [0.717, 1.165) is 18.8 Å². The van der Waals surface area contributed by atoms with E-state index in [-0.39, 0.29) is 0 Å². The molecule has 0 heterocycles. The van der Waals surface area contributed by atoms with Crippen LogP contribution in [0.5, 0.6) is 5.75 Å². The van der Waals surface area contributed by atoms with E-state index in [1.54, 1.807) is 7.11 Å². The van der Waals surface area contributed by atoms with Gasteiger partial charge in [-0.1, -0.05) is 13.0 Å². The lowest BCUT2D eigenvalue weighted by Gasteiger charge is -2.28. The fourth-order valence-corrected chi connectivity index (χ4v) is 2.36. The molecule has 0 amide bonds. The molecule has 1 N–H and O–H groups in total. The van der Waals surface area contributed by atoms with Gasteiger partial charge in [0.05, 0.1) is 13.2 Å². The first kappa shape index (κ1) is 15.0. The Labute approximate surface area is 111 Å². The lowest BCUT2D eigenvalue weighted by molar-refractivity contribution is 0.279. The summed E-state index contributed by atoms with van der Waals surface area (Å²) in [4.78, 5) is 2.24. The van der Waals surface area contributed by atoms with Gasteiger partial charge in [0.1, 0.15) is 5.75 Å². The number of benzene rings is 1. The largest absolute Gasteiger partial charge is 0.496 e. The number of rotatable bonds is 6. The molecule has 0 aliphatic rings. The molecule has 0 saturated heterocycles. The van der Waals surface area contributed by atoms with Crippen LogP contribution in [0, 0.1) is 13.8 Å². The van der Waals surface area contributed by atoms with Gasteiger partial charge in [-0.15, -0.1) is 0 Å². The third-order valence-electron chi connectivity index (χ3n) is 3.26. The topological polar surface area (TPSA) is 24.5 Å². The number of ether oxygens (including phenoxy) is 1. The van der Waals surface area contributed by atoms with Crippen LogP contribution >= 0.6 is 0 Å². The summed E-state index contributed by atoms with van der Waals surface area (Å²) in [6.07, 6.45) is 0. The van der Waals surface area contributed by atoms with Gasteiger partial charge in [-0.3, -0.25) is 0 Å². The predicted molar refractivity (Wildman–Crippen MR) is 77.4 cm³/mol. The smallest absolute Gasteiger partial charge is 0.124 e. The summed E-state index contributed by atoms with van der Waals surface area (Å²) in [6, 6.07) is 4.67. The summed E-state index contributed by atoms with van der Waals surface area (Å²) in [5.74, 6) is 0.990. The summed E-state index contributed by atoms with van der Waals surface area (Å²) in [5.41, 5.74) is 3.83. The van der Waals surface area contributed by atoms with Crippen LogP contribution in [0.25, 0.3) is 0 Å². The fourth-order valence-electron chi connectivity index (χ4n) is 2.36. The molecule has 1 rings (SSSR count). The molecule has 0 aliphatic carbocycles. The number of methoxy groups -OCH3 is 1. The maximum Gasteiger partial charge on any atom is 0.124 e. The van der Waals surface area contributed by atoms with E-state index in [9.17, 15) is 0 Å². The number of hydrogen-bond donors (Lipinski definition) is 1. The van der Waals surface area contributed by atoms with Crippen LogP contribution in [-0.4, -0.2) is 39.2 Å². The summed E-state index contributed by atoms with van der Waals surface area (Å²) in [7, 11) is 5.97. The highest BCUT2D eigenvalue weighted by Gasteiger charge is 2.20. The number of nitrogens with one attached hydrogen (secondary N) is 1. The Morgan fingerprint density at radius 1 is 1.28 bits per heavy atom. The van der Waals surface area contributed by atoms with Crippen molar-refractivity contribution in [2.45, 2.75) is 26.8 Å². The number of nitrogens with zero attached hydrogens (tertiary/aromatic N) is 1. The zero-order valence-corrected chi connectivity index (χ0v) is 12.5. The fraction of sp³-hybridized carbons (Fsp3) is 0.600. The van der Waals surface area contributed by atoms with Gasteiger partial charge in [0.15, 0.2) is 0 Å². The van der Waals surface area contributed by atoms with E-state index >= 15 is 0 Å². The molecule has 0 aromatic heterocycles. The Kier molecular flexibility index (Phi) is 5.63. The molecule has 1 aromatic carbocycles. The first-order chi connectivity index (χ1) is 8.51. The van der Waals surface area contributed by atoms with Gasteiger partial charge in [0.2, 0.25) is 0 Å². The number of aryl methyl sites for hydroxylation is 2. The monoisotopic (exact) mass is 250 g/mol. The van der Waals surface area contributed by atoms with Gasteiger partial charge in [0.25, 0.3) is 0 Å². The van der Waals surface area contributed by atoms with Crippen molar-refractivity contribution in [1.29, 1.82) is 0 Å². The molecule has 3 nitrogen and oxygen atoms in total. The van der Waals surface area contributed by atoms with Crippen molar-refractivity contribution in [3.05, 3.63) is 28.8 Å². The Morgan fingerprint density at radius 3 is 2.44 bits per heavy atom. The summed E-state index contributed by atoms with van der Waals surface area (Å²) in [5, 5.41) is 3.42. The third-order valence-corrected chi connectivity index (χ3v) is 3.26. The third kappa shape index (κ3) is 3.47. The molecule has 1 atom stereocenters. The molecule has 1 unspecified atom stereocenters. The molecule has 102 valence electrons. The van der Waals surface area contributed by atoms with Crippen LogP contribution < -0.4 is 10.1 Å². The van der Waals surface area contributed by atoms with Gasteiger partial charge in [-0.25, -0.2) is 0 Å². The Balaban J connectivity index is 3.17. The standard InChI is InChI=1S/C15H26N2O/c1-7-16-10-13(17(4)5)15-12(3)8-11(2)9-14(15)18-6/h8-9,13,16H,7,10H2,1-6H3. The molecule has 0 saturated carbocycles. The second kappa shape index (κ2) is 6.76. The molecule has 0 aliphatic heterocycles. The van der Waals surface area contributed by atoms with Crippen LogP contribution in [0.1, 0.15) is 29.7 Å². The Bertz CT molecular complexity index is 388. The van der Waals surface area contributed by atoms with E-state index in [1.165, 1.54) is 16.7 Å². The Hall–Kier alpha value is -1.06. The minimum Gasteiger partial charge on any atom is -0.496 e. The number of likely N-dealkylation sites (N-methyl/N-ethyl adjacent to an activating group) is 2. The molecule has 0 spiro atoms. The van der Waals surface area contributed by atoms with Gasteiger partial charge in [-0.2, -0.15) is 0 Å². The maximum atomic E-state index is 5.56. The summed E-state index contributed by atoms with van der Waals surface area (Å²) >= 11 is 0. The van der Waals surface area contributed by atoms with Crippen molar-refractivity contribution in [2.75, 3.05) is 34.3 Å². The minimum atomic E-state index is 0.334. The van der Waals surface area contributed by atoms with E-state index in [1.807, 2.05) is 0 Å². The first-order valence-electron chi connectivity index (χ1n) is 6.53. The van der Waals surface area contributed by atoms with Crippen molar-refractivity contribution in [3.8, 4) is 5.75 Å². The van der Waals surface area contributed by atoms with Crippen molar-refractivity contribution in [2.24, 2.45) is 0 Å². The second-order valence-electron chi connectivity index (χ2n) is 4.98. The molecule has 3 heteroatoms. The SMILES string of the molecule is CCNCC(c1c(C)cc(C)cc1OC)N(C)C. The minimum absolute atomic E-state index is 0.334. The summed E-state index contributed by atoms with van der Waals surface area (Å²) in [6.45, 7) is 8.31. The quantitative estimate of drug-likeness (QED) is 0.839. The predicted octanol–water partition coefficient (Wildman–Crippen LogP) is 2.52. The molecular weight excluding hydrogens is 224 g/mol. The summed E-state index contributed by atoms with van der Waals surface area (Å²) < 4.78 is 5.56. The van der Waals surface area contributed by atoms with Crippen LogP contribution in [0.4, 0.5) is 0 Å². The van der Waals surface area contributed by atoms with Gasteiger partial charge < -0.3 is 15.0 Å². The lowest BCUT2D eigenvalue weighted by atomic mass is 9.97. The highest BCUT2D eigenvalue weighted by atomic mass is 16.5. The van der Waals surface area contributed by atoms with Crippen LogP contribution in [-0.2, 0) is 0 Å². The van der Waals surface area contributed by atoms with E-state index in [0.29, 0.717) is 6.04 Å². The second-order valence-corrected chi connectivity index (χ2v) is 4.98. The zero-order valence-electron chi connectivity index (χ0n) is 12.5. The zero-order chi connectivity index (χ0) is 13.7. The van der Waals surface area contributed by atoms with Gasteiger partial charge in [0, 0.05) is 12.1 Å². The van der Waals surface area contributed by atoms with E-state index in [4.69, 9.17) is 4.74 Å². The number of hydrogen-bond acceptors (Lipinski definition) is 3. The van der Waals surface area contributed by atoms with Crippen molar-refractivity contribution >= 4 is 0 Å². The molecule has 18 heavy (non-hydrogen) atoms. The van der Waals surface area contributed by atoms with Gasteiger partial charge in [-0.05, 0) is 51.7 Å². The van der Waals surface area contributed by atoms with Crippen molar-refractivity contribution < 1.29 is 4.74 Å². The average molecular weight is 250 g/mol. The van der Waals surface area contributed by atoms with E-state index < -0.39 is 0 Å². The molecule has 1 aromatic rings. The molecule has 0 radical (unpaired) electrons. The van der Waals surface area contributed by atoms with Gasteiger partial charge >= 0.3 is 0 Å². The molecule has 0 fully saturated rings. The highest BCUT2D eigenvalue weighted by Crippen LogP contribution is 2.32. The lowest BCUT2D eigenvalue weighted by Crippen LogP contribution is -2.31. The van der Waals surface area contributed by atoms with Crippen LogP contribution in [0.2, 0.25) is 0 Å². The molecular formula is C15H26N2O. The van der Waals surface area contributed by atoms with Crippen molar-refractivity contribution in [3.63, 3.8) is 0 Å². The van der Waals surface area contributed by atoms with Crippen LogP contribution in [0.15, 0.2) is 12.1 Å². The highest BCUT2D eigenvalue weighted by molar-refractivity contribution is 5.45. The normalized spacial score (nSPS) is 12.8. The first-order valence-corrected chi connectivity index (χ1v) is 6.53. The maximum absolute atomic E-state index is 5.56. The van der Waals surface area contributed by atoms with Crippen LogP contribution in [0.3, 0.4) is 0 Å². The average Bonchev–Trinajstić information content (AvgIpc) is 2.30.